The van der Waals surface area contributed by atoms with Gasteiger partial charge in [0.2, 0.25) is 0 Å². The van der Waals surface area contributed by atoms with E-state index in [-0.39, 0.29) is 12.0 Å². The van der Waals surface area contributed by atoms with Crippen LogP contribution in [0, 0.1) is 6.92 Å². The third-order valence-electron chi connectivity index (χ3n) is 5.68. The largest absolute Gasteiger partial charge is 0.466 e. The van der Waals surface area contributed by atoms with E-state index in [9.17, 15) is 4.79 Å². The van der Waals surface area contributed by atoms with Crippen molar-refractivity contribution in [1.82, 2.24) is 20.3 Å². The Morgan fingerprint density at radius 3 is 3.00 bits per heavy atom. The van der Waals surface area contributed by atoms with Crippen molar-refractivity contribution in [3.05, 3.63) is 58.1 Å². The summed E-state index contributed by atoms with van der Waals surface area (Å²) >= 11 is 0. The third kappa shape index (κ3) is 3.40. The zero-order valence-corrected chi connectivity index (χ0v) is 16.7. The molecule has 1 N–H and O–H groups in total. The Kier molecular flexibility index (Phi) is 5.13. The minimum Gasteiger partial charge on any atom is -0.466 e. The van der Waals surface area contributed by atoms with Crippen molar-refractivity contribution in [2.45, 2.75) is 45.7 Å². The maximum absolute atomic E-state index is 11.8. The first kappa shape index (κ1) is 18.6. The Hall–Kier alpha value is -2.73. The Labute approximate surface area is 164 Å². The molecule has 0 spiro atoms. The van der Waals surface area contributed by atoms with E-state index in [4.69, 9.17) is 4.74 Å². The number of esters is 1. The molecule has 28 heavy (non-hydrogen) atoms. The summed E-state index contributed by atoms with van der Waals surface area (Å²) in [6, 6.07) is 10.9. The smallest absolute Gasteiger partial charge is 0.306 e. The highest BCUT2D eigenvalue weighted by Gasteiger charge is 2.24. The fraction of sp³-hybridized carbons (Fsp3) is 0.409. The molecule has 0 bridgehead atoms. The summed E-state index contributed by atoms with van der Waals surface area (Å²) < 4.78 is 6.90. The molecule has 1 aromatic heterocycles. The van der Waals surface area contributed by atoms with Crippen LogP contribution in [0.5, 0.6) is 0 Å². The molecule has 0 radical (unpaired) electrons. The van der Waals surface area contributed by atoms with Gasteiger partial charge in [-0.25, -0.2) is 4.68 Å². The molecule has 2 aromatic carbocycles. The van der Waals surface area contributed by atoms with Gasteiger partial charge in [-0.15, -0.1) is 5.10 Å². The number of carbonyl (C=O) groups excluding carboxylic acids is 1. The highest BCUT2D eigenvalue weighted by Crippen LogP contribution is 2.32. The van der Waals surface area contributed by atoms with Crippen molar-refractivity contribution >= 4 is 17.0 Å². The van der Waals surface area contributed by atoms with E-state index in [2.05, 4.69) is 52.9 Å². The van der Waals surface area contributed by atoms with Crippen molar-refractivity contribution in [2.75, 3.05) is 6.61 Å². The standard InChI is InChI=1S/C22H26N4O2/c1-4-28-21(27)11-8-15-6-5-7-16-13-23-19(12-18(15)16)17-9-10-20-22(14(17)2)24-25-26(20)3/h5-7,9-10,19,23H,4,8,11-13H2,1-3H3. The monoisotopic (exact) mass is 378 g/mol. The normalized spacial score (nSPS) is 16.2. The van der Waals surface area contributed by atoms with E-state index < -0.39 is 0 Å². The number of ether oxygens (including phenoxy) is 1. The molecule has 0 aliphatic carbocycles. The molecule has 1 unspecified atom stereocenters. The fourth-order valence-corrected chi connectivity index (χ4v) is 4.18. The minimum atomic E-state index is -0.130. The van der Waals surface area contributed by atoms with Gasteiger partial charge in [-0.05, 0) is 60.6 Å². The second-order valence-electron chi connectivity index (χ2n) is 7.36. The second-order valence-corrected chi connectivity index (χ2v) is 7.36. The van der Waals surface area contributed by atoms with Gasteiger partial charge in [0.1, 0.15) is 5.52 Å². The first-order valence-corrected chi connectivity index (χ1v) is 9.86. The maximum Gasteiger partial charge on any atom is 0.306 e. The molecule has 6 heteroatoms. The molecule has 0 saturated carbocycles. The number of nitrogens with zero attached hydrogens (tertiary/aromatic N) is 3. The molecule has 6 nitrogen and oxygen atoms in total. The summed E-state index contributed by atoms with van der Waals surface area (Å²) in [6.45, 7) is 5.22. The molecular weight excluding hydrogens is 352 g/mol. The molecule has 4 rings (SSSR count). The van der Waals surface area contributed by atoms with Gasteiger partial charge in [0.05, 0.1) is 12.1 Å². The van der Waals surface area contributed by atoms with Crippen LogP contribution in [0.2, 0.25) is 0 Å². The number of carbonyl (C=O) groups is 1. The lowest BCUT2D eigenvalue weighted by atomic mass is 9.86. The molecule has 0 saturated heterocycles. The number of rotatable bonds is 5. The molecule has 1 atom stereocenters. The summed E-state index contributed by atoms with van der Waals surface area (Å²) in [5.74, 6) is -0.130. The first-order valence-electron chi connectivity index (χ1n) is 9.86. The lowest BCUT2D eigenvalue weighted by Crippen LogP contribution is -2.30. The van der Waals surface area contributed by atoms with E-state index in [0.717, 1.165) is 30.4 Å². The predicted molar refractivity (Wildman–Crippen MR) is 108 cm³/mol. The zero-order valence-electron chi connectivity index (χ0n) is 16.7. The number of hydrogen-bond donors (Lipinski definition) is 1. The van der Waals surface area contributed by atoms with Crippen molar-refractivity contribution in [1.29, 1.82) is 0 Å². The van der Waals surface area contributed by atoms with Gasteiger partial charge in [-0.2, -0.15) is 0 Å². The Bertz CT molecular complexity index is 1020. The van der Waals surface area contributed by atoms with E-state index in [1.807, 2.05) is 18.7 Å². The summed E-state index contributed by atoms with van der Waals surface area (Å²) in [4.78, 5) is 11.8. The first-order chi connectivity index (χ1) is 13.6. The lowest BCUT2D eigenvalue weighted by Gasteiger charge is -2.29. The topological polar surface area (TPSA) is 69.0 Å². The van der Waals surface area contributed by atoms with Crippen LogP contribution < -0.4 is 5.32 Å². The van der Waals surface area contributed by atoms with Crippen LogP contribution in [0.1, 0.15) is 47.2 Å². The van der Waals surface area contributed by atoms with Crippen LogP contribution in [0.4, 0.5) is 0 Å². The van der Waals surface area contributed by atoms with Crippen molar-refractivity contribution in [2.24, 2.45) is 7.05 Å². The van der Waals surface area contributed by atoms with Gasteiger partial charge in [0.25, 0.3) is 0 Å². The predicted octanol–water partition coefficient (Wildman–Crippen LogP) is 3.16. The van der Waals surface area contributed by atoms with Crippen LogP contribution in [0.15, 0.2) is 30.3 Å². The Balaban J connectivity index is 1.61. The summed E-state index contributed by atoms with van der Waals surface area (Å²) in [5, 5.41) is 12.2. The van der Waals surface area contributed by atoms with Gasteiger partial charge >= 0.3 is 5.97 Å². The molecule has 1 aliphatic heterocycles. The highest BCUT2D eigenvalue weighted by molar-refractivity contribution is 5.79. The van der Waals surface area contributed by atoms with Crippen LogP contribution >= 0.6 is 0 Å². The molecule has 3 aromatic rings. The van der Waals surface area contributed by atoms with Gasteiger partial charge < -0.3 is 10.1 Å². The van der Waals surface area contributed by atoms with Crippen molar-refractivity contribution in [3.63, 3.8) is 0 Å². The van der Waals surface area contributed by atoms with Crippen molar-refractivity contribution in [3.8, 4) is 0 Å². The Morgan fingerprint density at radius 2 is 2.18 bits per heavy atom. The van der Waals surface area contributed by atoms with Crippen LogP contribution in [-0.4, -0.2) is 27.6 Å². The van der Waals surface area contributed by atoms with Gasteiger partial charge in [0, 0.05) is 26.1 Å². The van der Waals surface area contributed by atoms with Gasteiger partial charge in [0.15, 0.2) is 0 Å². The van der Waals surface area contributed by atoms with Gasteiger partial charge in [-0.3, -0.25) is 4.79 Å². The number of benzene rings is 2. The fourth-order valence-electron chi connectivity index (χ4n) is 4.18. The number of hydrogen-bond acceptors (Lipinski definition) is 5. The quantitative estimate of drug-likeness (QED) is 0.691. The van der Waals surface area contributed by atoms with Crippen molar-refractivity contribution < 1.29 is 9.53 Å². The summed E-state index contributed by atoms with van der Waals surface area (Å²) in [7, 11) is 1.92. The molecule has 146 valence electrons. The van der Waals surface area contributed by atoms with Crippen LogP contribution in [0.3, 0.4) is 0 Å². The average Bonchev–Trinajstić information content (AvgIpc) is 3.08. The number of fused-ring (bicyclic) bond motifs is 2. The molecule has 1 aliphatic rings. The molecular formula is C22H26N4O2. The zero-order chi connectivity index (χ0) is 19.7. The SMILES string of the molecule is CCOC(=O)CCc1cccc2c1CC(c1ccc3c(nnn3C)c1C)NC2. The average molecular weight is 378 g/mol. The number of nitrogens with one attached hydrogen (secondary N) is 1. The number of aromatic nitrogens is 3. The Morgan fingerprint density at radius 1 is 1.32 bits per heavy atom. The molecule has 0 fully saturated rings. The van der Waals surface area contributed by atoms with Crippen LogP contribution in [-0.2, 0) is 36.0 Å². The lowest BCUT2D eigenvalue weighted by molar-refractivity contribution is -0.143. The summed E-state index contributed by atoms with van der Waals surface area (Å²) in [5.41, 5.74) is 8.37. The minimum absolute atomic E-state index is 0.130. The number of aryl methyl sites for hydroxylation is 3. The maximum atomic E-state index is 11.8. The van der Waals surface area contributed by atoms with Gasteiger partial charge in [-0.1, -0.05) is 29.5 Å². The highest BCUT2D eigenvalue weighted by atomic mass is 16.5. The van der Waals surface area contributed by atoms with E-state index in [0.29, 0.717) is 13.0 Å². The van der Waals surface area contributed by atoms with Crippen LogP contribution in [0.25, 0.3) is 11.0 Å². The third-order valence-corrected chi connectivity index (χ3v) is 5.68. The molecule has 0 amide bonds. The van der Waals surface area contributed by atoms with E-state index >= 15 is 0 Å². The van der Waals surface area contributed by atoms with E-state index in [1.54, 1.807) is 0 Å². The second kappa shape index (κ2) is 7.72. The van der Waals surface area contributed by atoms with E-state index in [1.165, 1.54) is 27.8 Å². The summed E-state index contributed by atoms with van der Waals surface area (Å²) in [6.07, 6.45) is 2.05. The molecule has 2 heterocycles.